The van der Waals surface area contributed by atoms with E-state index in [9.17, 15) is 13.2 Å². The Kier molecular flexibility index (Phi) is 7.02. The van der Waals surface area contributed by atoms with Crippen molar-refractivity contribution in [3.63, 3.8) is 0 Å². The molecule has 0 spiro atoms. The Hall–Kier alpha value is -1.84. The van der Waals surface area contributed by atoms with Crippen molar-refractivity contribution < 1.29 is 17.9 Å². The molecule has 2 aromatic rings. The zero-order valence-electron chi connectivity index (χ0n) is 15.8. The molecule has 1 N–H and O–H groups in total. The van der Waals surface area contributed by atoms with Crippen LogP contribution in [0.5, 0.6) is 5.75 Å². The summed E-state index contributed by atoms with van der Waals surface area (Å²) < 4.78 is 32.3. The number of sulfonamides is 1. The van der Waals surface area contributed by atoms with Crippen LogP contribution in [0.4, 0.5) is 5.69 Å². The van der Waals surface area contributed by atoms with Crippen molar-refractivity contribution in [3.05, 3.63) is 52.5 Å². The lowest BCUT2D eigenvalue weighted by atomic mass is 10.3. The van der Waals surface area contributed by atoms with Crippen LogP contribution in [0.25, 0.3) is 0 Å². The highest BCUT2D eigenvalue weighted by Crippen LogP contribution is 2.27. The van der Waals surface area contributed by atoms with Gasteiger partial charge in [-0.3, -0.25) is 4.79 Å². The summed E-state index contributed by atoms with van der Waals surface area (Å²) >= 11 is 11.9. The van der Waals surface area contributed by atoms with Gasteiger partial charge < -0.3 is 15.0 Å². The van der Waals surface area contributed by atoms with Gasteiger partial charge in [0.15, 0.2) is 6.61 Å². The summed E-state index contributed by atoms with van der Waals surface area (Å²) in [6.07, 6.45) is 0. The second-order valence-electron chi connectivity index (χ2n) is 6.64. The number of ether oxygens (including phenoxy) is 1. The number of anilines is 1. The molecule has 10 heteroatoms. The fourth-order valence-electron chi connectivity index (χ4n) is 2.82. The summed E-state index contributed by atoms with van der Waals surface area (Å²) in [7, 11) is -1.58. The van der Waals surface area contributed by atoms with Gasteiger partial charge >= 0.3 is 0 Å². The van der Waals surface area contributed by atoms with E-state index in [2.05, 4.69) is 10.2 Å². The van der Waals surface area contributed by atoms with Gasteiger partial charge in [0.1, 0.15) is 5.75 Å². The number of benzene rings is 2. The number of amides is 1. The molecule has 1 saturated heterocycles. The highest BCUT2D eigenvalue weighted by molar-refractivity contribution is 7.89. The number of likely N-dealkylation sites (N-methyl/N-ethyl adjacent to an activating group) is 1. The molecule has 1 aliphatic rings. The standard InChI is InChI=1S/C19H21Cl2N3O4S/c1-23-8-10-24(11-9-23)29(26,27)16-5-3-15(4-6-16)22-19(25)13-28-18-12-14(20)2-7-17(18)21/h2-7,12H,8-11,13H2,1H3,(H,22,25). The minimum Gasteiger partial charge on any atom is -0.482 e. The van der Waals surface area contributed by atoms with E-state index in [0.717, 1.165) is 0 Å². The second-order valence-corrected chi connectivity index (χ2v) is 9.42. The second kappa shape index (κ2) is 9.32. The highest BCUT2D eigenvalue weighted by atomic mass is 35.5. The third-order valence-corrected chi connectivity index (χ3v) is 6.95. The maximum Gasteiger partial charge on any atom is 0.262 e. The van der Waals surface area contributed by atoms with Crippen LogP contribution in [0.3, 0.4) is 0 Å². The Morgan fingerprint density at radius 1 is 1.07 bits per heavy atom. The Labute approximate surface area is 180 Å². The first-order valence-corrected chi connectivity index (χ1v) is 11.1. The number of halogens is 2. The molecule has 156 valence electrons. The number of nitrogens with one attached hydrogen (secondary N) is 1. The van der Waals surface area contributed by atoms with Crippen LogP contribution in [-0.2, 0) is 14.8 Å². The molecule has 1 heterocycles. The first-order valence-electron chi connectivity index (χ1n) is 8.92. The smallest absolute Gasteiger partial charge is 0.262 e. The number of nitrogens with zero attached hydrogens (tertiary/aromatic N) is 2. The topological polar surface area (TPSA) is 79.0 Å². The van der Waals surface area contributed by atoms with Crippen LogP contribution < -0.4 is 10.1 Å². The van der Waals surface area contributed by atoms with Crippen LogP contribution in [0, 0.1) is 0 Å². The van der Waals surface area contributed by atoms with Crippen LogP contribution in [0.1, 0.15) is 0 Å². The number of piperazine rings is 1. The van der Waals surface area contributed by atoms with Gasteiger partial charge in [0, 0.05) is 43.0 Å². The zero-order chi connectivity index (χ0) is 21.0. The van der Waals surface area contributed by atoms with E-state index in [0.29, 0.717) is 47.7 Å². The van der Waals surface area contributed by atoms with E-state index in [-0.39, 0.29) is 11.5 Å². The van der Waals surface area contributed by atoms with Crippen molar-refractivity contribution in [2.75, 3.05) is 45.2 Å². The molecule has 0 bridgehead atoms. The molecule has 0 aliphatic carbocycles. The Bertz CT molecular complexity index is 975. The van der Waals surface area contributed by atoms with Crippen molar-refractivity contribution in [3.8, 4) is 5.75 Å². The number of hydrogen-bond donors (Lipinski definition) is 1. The molecule has 0 radical (unpaired) electrons. The number of carbonyl (C=O) groups excluding carboxylic acids is 1. The molecule has 2 aromatic carbocycles. The van der Waals surface area contributed by atoms with Crippen molar-refractivity contribution in [2.45, 2.75) is 4.90 Å². The minimum absolute atomic E-state index is 0.196. The summed E-state index contributed by atoms with van der Waals surface area (Å²) in [6, 6.07) is 10.8. The molecule has 29 heavy (non-hydrogen) atoms. The molecular weight excluding hydrogens is 437 g/mol. The van der Waals surface area contributed by atoms with Gasteiger partial charge in [-0.1, -0.05) is 23.2 Å². The maximum absolute atomic E-state index is 12.7. The average Bonchev–Trinajstić information content (AvgIpc) is 2.69. The molecular formula is C19H21Cl2N3O4S. The Morgan fingerprint density at radius 2 is 1.72 bits per heavy atom. The van der Waals surface area contributed by atoms with Crippen LogP contribution >= 0.6 is 23.2 Å². The quantitative estimate of drug-likeness (QED) is 0.720. The van der Waals surface area contributed by atoms with Crippen LogP contribution in [0.15, 0.2) is 47.4 Å². The number of rotatable bonds is 6. The summed E-state index contributed by atoms with van der Waals surface area (Å²) in [6.45, 7) is 2.05. The third-order valence-electron chi connectivity index (χ3n) is 4.49. The van der Waals surface area contributed by atoms with Gasteiger partial charge in [0.05, 0.1) is 9.92 Å². The molecule has 0 saturated carbocycles. The maximum atomic E-state index is 12.7. The summed E-state index contributed by atoms with van der Waals surface area (Å²) in [5.74, 6) is -0.0985. The largest absolute Gasteiger partial charge is 0.482 e. The monoisotopic (exact) mass is 457 g/mol. The molecule has 0 unspecified atom stereocenters. The Balaban J connectivity index is 1.58. The molecule has 1 fully saturated rings. The van der Waals surface area contributed by atoms with E-state index < -0.39 is 15.9 Å². The van der Waals surface area contributed by atoms with E-state index in [1.807, 2.05) is 7.05 Å². The lowest BCUT2D eigenvalue weighted by molar-refractivity contribution is -0.118. The molecule has 0 atom stereocenters. The fourth-order valence-corrected chi connectivity index (χ4v) is 4.57. The Morgan fingerprint density at radius 3 is 2.38 bits per heavy atom. The normalized spacial score (nSPS) is 15.8. The zero-order valence-corrected chi connectivity index (χ0v) is 18.1. The van der Waals surface area contributed by atoms with Gasteiger partial charge in [-0.25, -0.2) is 8.42 Å². The van der Waals surface area contributed by atoms with Crippen LogP contribution in [0.2, 0.25) is 10.0 Å². The SMILES string of the molecule is CN1CCN(S(=O)(=O)c2ccc(NC(=O)COc3cc(Cl)ccc3Cl)cc2)CC1. The summed E-state index contributed by atoms with van der Waals surface area (Å²) in [5.41, 5.74) is 0.466. The lowest BCUT2D eigenvalue weighted by Gasteiger charge is -2.31. The predicted molar refractivity (Wildman–Crippen MR) is 113 cm³/mol. The molecule has 7 nitrogen and oxygen atoms in total. The van der Waals surface area contributed by atoms with Crippen molar-refractivity contribution in [1.29, 1.82) is 0 Å². The van der Waals surface area contributed by atoms with Gasteiger partial charge in [0.25, 0.3) is 5.91 Å². The molecule has 1 aliphatic heterocycles. The lowest BCUT2D eigenvalue weighted by Crippen LogP contribution is -2.46. The highest BCUT2D eigenvalue weighted by Gasteiger charge is 2.27. The van der Waals surface area contributed by atoms with E-state index in [1.165, 1.54) is 22.5 Å². The fraction of sp³-hybridized carbons (Fsp3) is 0.316. The molecule has 1 amide bonds. The van der Waals surface area contributed by atoms with E-state index in [4.69, 9.17) is 27.9 Å². The van der Waals surface area contributed by atoms with Crippen molar-refractivity contribution in [1.82, 2.24) is 9.21 Å². The first-order chi connectivity index (χ1) is 13.8. The van der Waals surface area contributed by atoms with Gasteiger partial charge in [-0.2, -0.15) is 4.31 Å². The van der Waals surface area contributed by atoms with Gasteiger partial charge in [-0.05, 0) is 43.4 Å². The van der Waals surface area contributed by atoms with Crippen molar-refractivity contribution in [2.24, 2.45) is 0 Å². The average molecular weight is 458 g/mol. The molecule has 3 rings (SSSR count). The van der Waals surface area contributed by atoms with Gasteiger partial charge in [-0.15, -0.1) is 0 Å². The van der Waals surface area contributed by atoms with Crippen LogP contribution in [-0.4, -0.2) is 63.4 Å². The molecule has 0 aromatic heterocycles. The third kappa shape index (κ3) is 5.61. The van der Waals surface area contributed by atoms with E-state index >= 15 is 0 Å². The minimum atomic E-state index is -3.54. The summed E-state index contributed by atoms with van der Waals surface area (Å²) in [4.78, 5) is 14.4. The first kappa shape index (κ1) is 21.9. The summed E-state index contributed by atoms with van der Waals surface area (Å²) in [5, 5.41) is 3.45. The number of carbonyl (C=O) groups is 1. The van der Waals surface area contributed by atoms with E-state index in [1.54, 1.807) is 24.3 Å². The predicted octanol–water partition coefficient (Wildman–Crippen LogP) is 2.95. The van der Waals surface area contributed by atoms with Crippen molar-refractivity contribution >= 4 is 44.8 Å². The number of hydrogen-bond acceptors (Lipinski definition) is 5. The van der Waals surface area contributed by atoms with Gasteiger partial charge in [0.2, 0.25) is 10.0 Å².